The second-order valence-electron chi connectivity index (χ2n) is 10.2. The number of fused-ring (bicyclic) bond motifs is 1. The minimum Gasteiger partial charge on any atom is -0.396 e. The number of halogens is 2. The van der Waals surface area contributed by atoms with Crippen LogP contribution in [0.3, 0.4) is 0 Å². The number of aromatic nitrogens is 4. The molecular weight excluding hydrogens is 501 g/mol. The van der Waals surface area contributed by atoms with Crippen molar-refractivity contribution in [2.45, 2.75) is 50.1 Å². The van der Waals surface area contributed by atoms with Gasteiger partial charge >= 0.3 is 0 Å². The van der Waals surface area contributed by atoms with Crippen molar-refractivity contribution in [3.63, 3.8) is 0 Å². The van der Waals surface area contributed by atoms with E-state index in [4.69, 9.17) is 26.6 Å². The van der Waals surface area contributed by atoms with Crippen molar-refractivity contribution in [3.05, 3.63) is 100 Å². The van der Waals surface area contributed by atoms with E-state index in [9.17, 15) is 9.50 Å². The second kappa shape index (κ2) is 10.4. The average Bonchev–Trinajstić information content (AvgIpc) is 3.70. The van der Waals surface area contributed by atoms with E-state index in [1.54, 1.807) is 18.3 Å². The number of aliphatic hydroxyl groups is 1. The molecule has 2 aliphatic rings. The lowest BCUT2D eigenvalue weighted by molar-refractivity contribution is 0.175. The van der Waals surface area contributed by atoms with Gasteiger partial charge in [-0.1, -0.05) is 55.3 Å². The van der Waals surface area contributed by atoms with Crippen LogP contribution in [0.15, 0.2) is 71.7 Å². The highest BCUT2D eigenvalue weighted by Crippen LogP contribution is 2.43. The molecule has 1 aliphatic carbocycles. The molecule has 1 saturated carbocycles. The minimum atomic E-state index is -0.977. The fourth-order valence-corrected chi connectivity index (χ4v) is 6.13. The van der Waals surface area contributed by atoms with Crippen molar-refractivity contribution >= 4 is 29.0 Å². The molecule has 38 heavy (non-hydrogen) atoms. The first kappa shape index (κ1) is 24.9. The number of benzene rings is 2. The Morgan fingerprint density at radius 1 is 1.00 bits per heavy atom. The van der Waals surface area contributed by atoms with Crippen LogP contribution in [0.5, 0.6) is 0 Å². The smallest absolute Gasteiger partial charge is 0.224 e. The first-order valence-corrected chi connectivity index (χ1v) is 13.5. The van der Waals surface area contributed by atoms with Gasteiger partial charge in [0.1, 0.15) is 28.4 Å². The Labute approximate surface area is 226 Å². The van der Waals surface area contributed by atoms with Crippen molar-refractivity contribution in [2.24, 2.45) is 10.9 Å². The molecule has 0 amide bonds. The highest BCUT2D eigenvalue weighted by molar-refractivity contribution is 6.28. The molecule has 1 fully saturated rings. The summed E-state index contributed by atoms with van der Waals surface area (Å²) < 4.78 is 15.8. The Morgan fingerprint density at radius 3 is 2.45 bits per heavy atom. The number of aliphatic hydroxyl groups excluding tert-OH is 1. The second-order valence-corrected chi connectivity index (χ2v) is 10.5. The molecule has 2 aromatic heterocycles. The molecule has 0 bridgehead atoms. The van der Waals surface area contributed by atoms with E-state index in [0.29, 0.717) is 30.2 Å². The van der Waals surface area contributed by atoms with E-state index in [0.717, 1.165) is 35.3 Å². The van der Waals surface area contributed by atoms with Crippen LogP contribution in [0.4, 0.5) is 4.39 Å². The molecule has 0 spiro atoms. The zero-order valence-electron chi connectivity index (χ0n) is 21.0. The summed E-state index contributed by atoms with van der Waals surface area (Å²) in [5.41, 5.74) is 3.05. The van der Waals surface area contributed by atoms with Gasteiger partial charge in [-0.15, -0.1) is 0 Å². The van der Waals surface area contributed by atoms with Crippen molar-refractivity contribution in [2.75, 3.05) is 6.61 Å². The SMILES string of the molecule is OCC(Cc1ccc(F)cc1)C1(c2nc(Cl)nc3nc(C4CCCC4)n(Cc4ccccc4)c23)C=CC=N1. The Balaban J connectivity index is 1.55. The molecule has 4 aromatic rings. The fraction of sp³-hybridized carbons (Fsp3) is 0.333. The lowest BCUT2D eigenvalue weighted by atomic mass is 9.78. The molecule has 8 heteroatoms. The maximum Gasteiger partial charge on any atom is 0.224 e. The number of rotatable bonds is 8. The molecule has 2 aromatic carbocycles. The Bertz CT molecular complexity index is 1480. The highest BCUT2D eigenvalue weighted by Gasteiger charge is 2.43. The first-order valence-electron chi connectivity index (χ1n) is 13.1. The Kier molecular flexibility index (Phi) is 6.80. The van der Waals surface area contributed by atoms with E-state index in [1.165, 1.54) is 25.0 Å². The lowest BCUT2D eigenvalue weighted by Gasteiger charge is -2.33. The topological polar surface area (TPSA) is 76.2 Å². The molecule has 1 N–H and O–H groups in total. The van der Waals surface area contributed by atoms with Gasteiger partial charge in [-0.2, -0.15) is 4.98 Å². The zero-order valence-corrected chi connectivity index (χ0v) is 21.7. The molecule has 3 heterocycles. The van der Waals surface area contributed by atoms with Gasteiger partial charge in [0.2, 0.25) is 5.28 Å². The van der Waals surface area contributed by atoms with Gasteiger partial charge in [-0.05, 0) is 66.3 Å². The Hall–Kier alpha value is -3.42. The maximum atomic E-state index is 13.6. The van der Waals surface area contributed by atoms with Gasteiger partial charge in [-0.25, -0.2) is 14.4 Å². The van der Waals surface area contributed by atoms with E-state index in [-0.39, 0.29) is 23.6 Å². The van der Waals surface area contributed by atoms with Gasteiger partial charge in [0.05, 0.1) is 0 Å². The molecule has 6 nitrogen and oxygen atoms in total. The molecule has 194 valence electrons. The molecule has 2 atom stereocenters. The monoisotopic (exact) mass is 529 g/mol. The lowest BCUT2D eigenvalue weighted by Crippen LogP contribution is -2.36. The molecule has 1 aliphatic heterocycles. The predicted octanol–water partition coefficient (Wildman–Crippen LogP) is 6.01. The number of aliphatic imine (C=N–C) groups is 1. The zero-order chi connectivity index (χ0) is 26.1. The third kappa shape index (κ3) is 4.54. The van der Waals surface area contributed by atoms with Crippen LogP contribution in [-0.4, -0.2) is 37.4 Å². The largest absolute Gasteiger partial charge is 0.396 e. The van der Waals surface area contributed by atoms with Crippen LogP contribution < -0.4 is 0 Å². The van der Waals surface area contributed by atoms with E-state index < -0.39 is 5.54 Å². The van der Waals surface area contributed by atoms with Gasteiger partial charge < -0.3 is 9.67 Å². The maximum absolute atomic E-state index is 13.6. The summed E-state index contributed by atoms with van der Waals surface area (Å²) in [6.45, 7) is 0.469. The van der Waals surface area contributed by atoms with Crippen LogP contribution in [0.1, 0.15) is 54.2 Å². The summed E-state index contributed by atoms with van der Waals surface area (Å²) in [4.78, 5) is 19.3. The highest BCUT2D eigenvalue weighted by atomic mass is 35.5. The normalized spacial score (nSPS) is 20.1. The minimum absolute atomic E-state index is 0.100. The van der Waals surface area contributed by atoms with Gasteiger partial charge in [0.25, 0.3) is 0 Å². The van der Waals surface area contributed by atoms with Crippen molar-refractivity contribution in [3.8, 4) is 0 Å². The molecule has 0 saturated heterocycles. The van der Waals surface area contributed by atoms with E-state index >= 15 is 0 Å². The quantitative estimate of drug-likeness (QED) is 0.283. The molecule has 6 rings (SSSR count). The first-order chi connectivity index (χ1) is 18.6. The summed E-state index contributed by atoms with van der Waals surface area (Å²) >= 11 is 6.52. The average molecular weight is 530 g/mol. The van der Waals surface area contributed by atoms with Crippen LogP contribution in [0.2, 0.25) is 5.28 Å². The van der Waals surface area contributed by atoms with E-state index in [1.807, 2.05) is 30.4 Å². The molecule has 2 unspecified atom stereocenters. The predicted molar refractivity (Wildman–Crippen MR) is 147 cm³/mol. The summed E-state index contributed by atoms with van der Waals surface area (Å²) in [5.74, 6) is 0.675. The van der Waals surface area contributed by atoms with Crippen molar-refractivity contribution in [1.29, 1.82) is 0 Å². The van der Waals surface area contributed by atoms with Gasteiger partial charge in [0, 0.05) is 31.2 Å². The van der Waals surface area contributed by atoms with Crippen LogP contribution in [0.25, 0.3) is 11.2 Å². The third-order valence-electron chi connectivity index (χ3n) is 7.85. The van der Waals surface area contributed by atoms with Gasteiger partial charge in [-0.3, -0.25) is 4.99 Å². The van der Waals surface area contributed by atoms with E-state index in [2.05, 4.69) is 21.7 Å². The summed E-state index contributed by atoms with van der Waals surface area (Å²) in [6.07, 6.45) is 10.6. The molecule has 0 radical (unpaired) electrons. The summed E-state index contributed by atoms with van der Waals surface area (Å²) in [6, 6.07) is 16.7. The number of hydrogen-bond acceptors (Lipinski definition) is 5. The van der Waals surface area contributed by atoms with Crippen molar-refractivity contribution in [1.82, 2.24) is 19.5 Å². The van der Waals surface area contributed by atoms with Crippen molar-refractivity contribution < 1.29 is 9.50 Å². The van der Waals surface area contributed by atoms with Crippen LogP contribution in [0, 0.1) is 11.7 Å². The summed E-state index contributed by atoms with van der Waals surface area (Å²) in [7, 11) is 0. The van der Waals surface area contributed by atoms with Crippen LogP contribution >= 0.6 is 11.6 Å². The number of nitrogens with zero attached hydrogens (tertiary/aromatic N) is 5. The van der Waals surface area contributed by atoms with Crippen LogP contribution in [-0.2, 0) is 18.5 Å². The number of hydrogen-bond donors (Lipinski definition) is 1. The standard InChI is InChI=1S/C30H29ClFN5O/c31-29-34-26(30(15-6-16-33-30)23(19-38)17-20-11-13-24(32)14-12-20)25-27(36-29)35-28(22-9-4-5-10-22)37(25)18-21-7-2-1-3-8-21/h1-3,6-8,11-16,22-23,38H,4-5,9-10,17-19H2. The fourth-order valence-electron chi connectivity index (χ4n) is 5.97. The Morgan fingerprint density at radius 2 is 1.76 bits per heavy atom. The number of imidazole rings is 1. The van der Waals surface area contributed by atoms with Gasteiger partial charge in [0.15, 0.2) is 5.65 Å². The third-order valence-corrected chi connectivity index (χ3v) is 8.02. The molecular formula is C30H29ClFN5O. The summed E-state index contributed by atoms with van der Waals surface area (Å²) in [5, 5.41) is 10.8. The number of allylic oxidation sites excluding steroid dienone is 1.